The van der Waals surface area contributed by atoms with Crippen molar-refractivity contribution in [3.63, 3.8) is 0 Å². The zero-order valence-corrected chi connectivity index (χ0v) is 24.0. The molecule has 4 aliphatic carbocycles. The molecule has 2 saturated heterocycles. The Morgan fingerprint density at radius 3 is 2.22 bits per heavy atom. The van der Waals surface area contributed by atoms with Crippen molar-refractivity contribution in [1.82, 2.24) is 20.4 Å². The van der Waals surface area contributed by atoms with Gasteiger partial charge in [-0.3, -0.25) is 9.59 Å². The fourth-order valence-electron chi connectivity index (χ4n) is 8.84. The lowest BCUT2D eigenvalue weighted by molar-refractivity contribution is -0.146. The van der Waals surface area contributed by atoms with E-state index in [4.69, 9.17) is 0 Å². The normalized spacial score (nSPS) is 30.5. The molecular weight excluding hydrogens is 522 g/mol. The van der Waals surface area contributed by atoms with Gasteiger partial charge in [-0.1, -0.05) is 25.1 Å². The molecular formula is C31H43N5O5. The molecule has 0 aromatic heterocycles. The van der Waals surface area contributed by atoms with E-state index in [9.17, 15) is 24.3 Å². The van der Waals surface area contributed by atoms with Crippen LogP contribution in [0.15, 0.2) is 30.3 Å². The number of likely N-dealkylation sites (tertiary alicyclic amines) is 1. The Bertz CT molecular complexity index is 1140. The molecule has 1 aromatic carbocycles. The van der Waals surface area contributed by atoms with Gasteiger partial charge >= 0.3 is 12.0 Å². The molecule has 1 atom stereocenters. The van der Waals surface area contributed by atoms with Crippen LogP contribution in [0, 0.1) is 29.6 Å². The summed E-state index contributed by atoms with van der Waals surface area (Å²) < 4.78 is 0. The SMILES string of the molecule is CCCN1CN(c2ccccc2)C2(CCN(C(=O)NCC(NC(=O)C3C4CC5CC(C4)CC3C5)C(=O)O)CC2)C1=O. The van der Waals surface area contributed by atoms with Crippen molar-refractivity contribution in [2.24, 2.45) is 29.6 Å². The van der Waals surface area contributed by atoms with E-state index < -0.39 is 17.6 Å². The van der Waals surface area contributed by atoms with Crippen LogP contribution >= 0.6 is 0 Å². The van der Waals surface area contributed by atoms with Gasteiger partial charge < -0.3 is 30.4 Å². The van der Waals surface area contributed by atoms with E-state index in [-0.39, 0.29) is 30.3 Å². The second kappa shape index (κ2) is 11.2. The van der Waals surface area contributed by atoms with E-state index in [0.29, 0.717) is 51.0 Å². The number of anilines is 1. The number of para-hydroxylation sites is 1. The summed E-state index contributed by atoms with van der Waals surface area (Å²) in [6.45, 7) is 3.90. The lowest BCUT2D eigenvalue weighted by atomic mass is 9.51. The predicted molar refractivity (Wildman–Crippen MR) is 153 cm³/mol. The molecule has 10 heteroatoms. The smallest absolute Gasteiger partial charge is 0.328 e. The van der Waals surface area contributed by atoms with Gasteiger partial charge in [0.2, 0.25) is 11.8 Å². The van der Waals surface area contributed by atoms with E-state index in [2.05, 4.69) is 22.5 Å². The number of rotatable bonds is 8. The zero-order chi connectivity index (χ0) is 28.7. The van der Waals surface area contributed by atoms with E-state index in [0.717, 1.165) is 49.6 Å². The number of carboxylic acid groups (broad SMARTS) is 1. The third-order valence-corrected chi connectivity index (χ3v) is 10.6. The Morgan fingerprint density at radius 2 is 1.63 bits per heavy atom. The van der Waals surface area contributed by atoms with Gasteiger partial charge in [-0.2, -0.15) is 0 Å². The molecule has 2 heterocycles. The number of carbonyl (C=O) groups is 4. The summed E-state index contributed by atoms with van der Waals surface area (Å²) in [7, 11) is 0. The van der Waals surface area contributed by atoms with Crippen molar-refractivity contribution < 1.29 is 24.3 Å². The number of aliphatic carboxylic acids is 1. The third kappa shape index (κ3) is 5.14. The average Bonchev–Trinajstić information content (AvgIpc) is 3.21. The summed E-state index contributed by atoms with van der Waals surface area (Å²) in [6, 6.07) is 8.41. The first-order chi connectivity index (χ1) is 19.8. The van der Waals surface area contributed by atoms with E-state index in [1.807, 2.05) is 35.2 Å². The molecule has 4 amide bonds. The minimum atomic E-state index is -1.17. The maximum atomic E-state index is 13.6. The molecule has 1 aromatic rings. The van der Waals surface area contributed by atoms with Crippen LogP contribution in [0.5, 0.6) is 0 Å². The van der Waals surface area contributed by atoms with Crippen LogP contribution in [-0.2, 0) is 14.4 Å². The number of urea groups is 1. The van der Waals surface area contributed by atoms with Crippen molar-refractivity contribution in [2.75, 3.05) is 37.7 Å². The van der Waals surface area contributed by atoms with Crippen molar-refractivity contribution in [1.29, 1.82) is 0 Å². The fourth-order valence-corrected chi connectivity index (χ4v) is 8.84. The van der Waals surface area contributed by atoms with E-state index in [1.54, 1.807) is 4.90 Å². The molecule has 2 aliphatic heterocycles. The number of nitrogens with zero attached hydrogens (tertiary/aromatic N) is 3. The largest absolute Gasteiger partial charge is 0.480 e. The Morgan fingerprint density at radius 1 is 1.00 bits per heavy atom. The van der Waals surface area contributed by atoms with E-state index >= 15 is 0 Å². The van der Waals surface area contributed by atoms with Crippen molar-refractivity contribution in [3.8, 4) is 0 Å². The quantitative estimate of drug-likeness (QED) is 0.446. The summed E-state index contributed by atoms with van der Waals surface area (Å²) >= 11 is 0. The number of carboxylic acids is 1. The highest BCUT2D eigenvalue weighted by Gasteiger charge is 2.54. The molecule has 4 saturated carbocycles. The Hall–Kier alpha value is -3.30. The van der Waals surface area contributed by atoms with Crippen LogP contribution in [-0.4, -0.2) is 83.1 Å². The van der Waals surface area contributed by atoms with Crippen molar-refractivity contribution >= 4 is 29.5 Å². The monoisotopic (exact) mass is 565 g/mol. The maximum Gasteiger partial charge on any atom is 0.328 e. The lowest BCUT2D eigenvalue weighted by Crippen LogP contribution is -2.59. The van der Waals surface area contributed by atoms with Gasteiger partial charge in [0.05, 0.1) is 13.2 Å². The maximum absolute atomic E-state index is 13.6. The second-order valence-corrected chi connectivity index (χ2v) is 13.0. The first-order valence-electron chi connectivity index (χ1n) is 15.5. The van der Waals surface area contributed by atoms with Gasteiger partial charge in [-0.25, -0.2) is 9.59 Å². The molecule has 1 unspecified atom stereocenters. The van der Waals surface area contributed by atoms with Crippen LogP contribution < -0.4 is 15.5 Å². The molecule has 10 nitrogen and oxygen atoms in total. The summed E-state index contributed by atoms with van der Waals surface area (Å²) in [5.41, 5.74) is 0.306. The number of hydrogen-bond acceptors (Lipinski definition) is 5. The first kappa shape index (κ1) is 27.8. The minimum absolute atomic E-state index is 0.109. The lowest BCUT2D eigenvalue weighted by Gasteiger charge is -2.53. The molecule has 222 valence electrons. The Kier molecular flexibility index (Phi) is 7.59. The van der Waals surface area contributed by atoms with Crippen LogP contribution in [0.4, 0.5) is 10.5 Å². The Balaban J connectivity index is 1.05. The Labute approximate surface area is 241 Å². The number of nitrogens with one attached hydrogen (secondary N) is 2. The highest BCUT2D eigenvalue weighted by Crippen LogP contribution is 2.56. The van der Waals surface area contributed by atoms with Gasteiger partial charge in [0.25, 0.3) is 0 Å². The molecule has 7 rings (SSSR count). The van der Waals surface area contributed by atoms with Crippen molar-refractivity contribution in [2.45, 2.75) is 69.9 Å². The molecule has 3 N–H and O–H groups in total. The molecule has 1 spiro atoms. The standard InChI is InChI=1S/C31H43N5O5/c1-2-10-35-19-36(24-6-4-3-5-7-24)31(29(35)40)8-11-34(12-9-31)30(41)32-18-25(28(38)39)33-27(37)26-22-14-20-13-21(16-22)17-23(26)15-20/h3-7,20-23,25-26H,2,8-19H2,1H3,(H,32,41)(H,33,37)(H,38,39). The highest BCUT2D eigenvalue weighted by atomic mass is 16.4. The number of hydrogen-bond donors (Lipinski definition) is 3. The summed E-state index contributed by atoms with van der Waals surface area (Å²) in [5, 5.41) is 15.4. The molecule has 6 fully saturated rings. The van der Waals surface area contributed by atoms with Gasteiger partial charge in [0.1, 0.15) is 11.6 Å². The van der Waals surface area contributed by atoms with Crippen LogP contribution in [0.2, 0.25) is 0 Å². The number of benzene rings is 1. The highest BCUT2D eigenvalue weighted by molar-refractivity contribution is 5.94. The zero-order valence-electron chi connectivity index (χ0n) is 24.0. The van der Waals surface area contributed by atoms with Gasteiger partial charge in [0, 0.05) is 31.2 Å². The summed E-state index contributed by atoms with van der Waals surface area (Å²) in [5.74, 6) is 0.867. The first-order valence-corrected chi connectivity index (χ1v) is 15.5. The average molecular weight is 566 g/mol. The van der Waals surface area contributed by atoms with Gasteiger partial charge in [-0.05, 0) is 87.2 Å². The number of carbonyl (C=O) groups excluding carboxylic acids is 3. The van der Waals surface area contributed by atoms with E-state index in [1.165, 1.54) is 6.42 Å². The number of amides is 4. The minimum Gasteiger partial charge on any atom is -0.480 e. The fraction of sp³-hybridized carbons (Fsp3) is 0.677. The van der Waals surface area contributed by atoms with Crippen LogP contribution in [0.3, 0.4) is 0 Å². The molecule has 0 radical (unpaired) electrons. The third-order valence-electron chi connectivity index (χ3n) is 10.6. The van der Waals surface area contributed by atoms with Crippen molar-refractivity contribution in [3.05, 3.63) is 30.3 Å². The van der Waals surface area contributed by atoms with Gasteiger partial charge in [-0.15, -0.1) is 0 Å². The predicted octanol–water partition coefficient (Wildman–Crippen LogP) is 2.89. The molecule has 6 aliphatic rings. The molecule has 4 bridgehead atoms. The van der Waals surface area contributed by atoms with Gasteiger partial charge in [0.15, 0.2) is 0 Å². The van der Waals surface area contributed by atoms with Crippen LogP contribution in [0.25, 0.3) is 0 Å². The summed E-state index contributed by atoms with van der Waals surface area (Å²) in [6.07, 6.45) is 7.49. The second-order valence-electron chi connectivity index (χ2n) is 13.0. The molecule has 41 heavy (non-hydrogen) atoms. The summed E-state index contributed by atoms with van der Waals surface area (Å²) in [4.78, 5) is 57.8. The topological polar surface area (TPSA) is 122 Å². The van der Waals surface area contributed by atoms with Crippen LogP contribution in [0.1, 0.15) is 58.3 Å². The number of piperidine rings is 1.